The first kappa shape index (κ1) is 18.1. The van der Waals surface area contributed by atoms with Gasteiger partial charge < -0.3 is 15.1 Å². The summed E-state index contributed by atoms with van der Waals surface area (Å²) in [7, 11) is 0. The lowest BCUT2D eigenvalue weighted by molar-refractivity contribution is -0.384. The van der Waals surface area contributed by atoms with Crippen LogP contribution in [0.4, 0.5) is 17.2 Å². The molecule has 0 atom stereocenters. The van der Waals surface area contributed by atoms with Gasteiger partial charge in [0.2, 0.25) is 0 Å². The fraction of sp³-hybridized carbons (Fsp3) is 0.421. The summed E-state index contributed by atoms with van der Waals surface area (Å²) < 4.78 is 0. The minimum absolute atomic E-state index is 0.0326. The number of benzene rings is 1. The number of carbonyl (C=O) groups is 1. The third kappa shape index (κ3) is 3.88. The number of amides is 1. The van der Waals surface area contributed by atoms with Gasteiger partial charge in [-0.25, -0.2) is 9.97 Å². The number of hydrogen-bond acceptors (Lipinski definition) is 7. The highest BCUT2D eigenvalue weighted by Crippen LogP contribution is 2.31. The molecule has 0 radical (unpaired) electrons. The number of aryl methyl sites for hydroxylation is 1. The lowest BCUT2D eigenvalue weighted by Gasteiger charge is -2.36. The van der Waals surface area contributed by atoms with Gasteiger partial charge in [0.25, 0.3) is 11.6 Å². The molecular weight excluding hydrogens is 360 g/mol. The van der Waals surface area contributed by atoms with Gasteiger partial charge in [-0.2, -0.15) is 0 Å². The summed E-state index contributed by atoms with van der Waals surface area (Å²) in [6.07, 6.45) is 3.68. The largest absolute Gasteiger partial charge is 0.362 e. The molecule has 0 unspecified atom stereocenters. The van der Waals surface area contributed by atoms with Crippen LogP contribution < -0.4 is 15.1 Å². The first-order valence-electron chi connectivity index (χ1n) is 9.40. The molecule has 1 saturated heterocycles. The molecule has 2 aromatic rings. The predicted molar refractivity (Wildman–Crippen MR) is 105 cm³/mol. The van der Waals surface area contributed by atoms with E-state index in [-0.39, 0.29) is 17.6 Å². The number of nitro benzene ring substituents is 1. The highest BCUT2D eigenvalue weighted by atomic mass is 16.6. The molecule has 1 saturated carbocycles. The average Bonchev–Trinajstić information content (AvgIpc) is 3.51. The lowest BCUT2D eigenvalue weighted by atomic mass is 10.1. The Labute approximate surface area is 162 Å². The molecule has 1 aromatic carbocycles. The summed E-state index contributed by atoms with van der Waals surface area (Å²) in [5.74, 6) is 1.34. The lowest BCUT2D eigenvalue weighted by Crippen LogP contribution is -2.47. The Balaban J connectivity index is 1.49. The Morgan fingerprint density at radius 2 is 1.89 bits per heavy atom. The van der Waals surface area contributed by atoms with Gasteiger partial charge in [-0.05, 0) is 38.0 Å². The first-order chi connectivity index (χ1) is 13.5. The van der Waals surface area contributed by atoms with Gasteiger partial charge in [-0.15, -0.1) is 0 Å². The zero-order valence-electron chi connectivity index (χ0n) is 15.7. The molecular formula is C19H22N6O3. The molecule has 1 amide bonds. The number of rotatable bonds is 5. The molecule has 146 valence electrons. The van der Waals surface area contributed by atoms with E-state index in [1.807, 2.05) is 17.9 Å². The summed E-state index contributed by atoms with van der Waals surface area (Å²) in [6, 6.07) is 6.82. The maximum atomic E-state index is 12.2. The minimum Gasteiger partial charge on any atom is -0.362 e. The van der Waals surface area contributed by atoms with Crippen molar-refractivity contribution in [2.45, 2.75) is 25.8 Å². The van der Waals surface area contributed by atoms with Gasteiger partial charge in [-0.3, -0.25) is 14.9 Å². The molecule has 4 rings (SSSR count). The predicted octanol–water partition coefficient (Wildman–Crippen LogP) is 1.91. The molecule has 2 aliphatic rings. The van der Waals surface area contributed by atoms with Crippen molar-refractivity contribution < 1.29 is 9.72 Å². The van der Waals surface area contributed by atoms with E-state index >= 15 is 0 Å². The number of nitrogens with one attached hydrogen (secondary N) is 1. The molecule has 1 aliphatic carbocycles. The van der Waals surface area contributed by atoms with Crippen LogP contribution in [-0.2, 0) is 0 Å². The van der Waals surface area contributed by atoms with Crippen LogP contribution in [0.25, 0.3) is 0 Å². The van der Waals surface area contributed by atoms with Gasteiger partial charge in [0.05, 0.1) is 4.92 Å². The fourth-order valence-electron chi connectivity index (χ4n) is 3.37. The summed E-state index contributed by atoms with van der Waals surface area (Å²) in [4.78, 5) is 36.1. The average molecular weight is 382 g/mol. The number of hydrogen-bond donors (Lipinski definition) is 1. The third-order valence-electron chi connectivity index (χ3n) is 5.05. The minimum atomic E-state index is -0.413. The normalized spacial score (nSPS) is 16.8. The molecule has 28 heavy (non-hydrogen) atoms. The summed E-state index contributed by atoms with van der Waals surface area (Å²) in [5, 5.41) is 14.5. The van der Waals surface area contributed by atoms with Gasteiger partial charge >= 0.3 is 0 Å². The quantitative estimate of drug-likeness (QED) is 0.622. The Bertz CT molecular complexity index is 906. The van der Waals surface area contributed by atoms with Crippen LogP contribution in [0.15, 0.2) is 30.5 Å². The van der Waals surface area contributed by atoms with Gasteiger partial charge in [0.1, 0.15) is 17.3 Å². The van der Waals surface area contributed by atoms with Crippen LogP contribution in [0.2, 0.25) is 0 Å². The fourth-order valence-corrected chi connectivity index (χ4v) is 3.37. The standard InChI is InChI=1S/C19H22N6O3/c1-13-20-7-6-18(21-13)24-10-8-23(9-11-24)16-5-2-14(12-17(16)25(27)28)19(26)22-15-3-4-15/h2,5-7,12,15H,3-4,8-11H2,1H3,(H,22,26). The van der Waals surface area contributed by atoms with E-state index in [0.717, 1.165) is 24.5 Å². The Morgan fingerprint density at radius 1 is 1.18 bits per heavy atom. The molecule has 0 spiro atoms. The smallest absolute Gasteiger partial charge is 0.293 e. The van der Waals surface area contributed by atoms with E-state index in [4.69, 9.17) is 0 Å². The van der Waals surface area contributed by atoms with Crippen molar-refractivity contribution in [3.63, 3.8) is 0 Å². The number of nitro groups is 1. The topological polar surface area (TPSA) is 105 Å². The third-order valence-corrected chi connectivity index (χ3v) is 5.05. The van der Waals surface area contributed by atoms with E-state index in [1.165, 1.54) is 6.07 Å². The SMILES string of the molecule is Cc1nccc(N2CCN(c3ccc(C(=O)NC4CC4)cc3[N+](=O)[O-])CC2)n1. The van der Waals surface area contributed by atoms with Gasteiger partial charge in [-0.1, -0.05) is 0 Å². The molecule has 0 bridgehead atoms. The van der Waals surface area contributed by atoms with Crippen molar-refractivity contribution in [2.24, 2.45) is 0 Å². The highest BCUT2D eigenvalue weighted by molar-refractivity contribution is 5.96. The van der Waals surface area contributed by atoms with Crippen LogP contribution in [-0.4, -0.2) is 53.0 Å². The highest BCUT2D eigenvalue weighted by Gasteiger charge is 2.28. The molecule has 1 aliphatic heterocycles. The van der Waals surface area contributed by atoms with Crippen LogP contribution >= 0.6 is 0 Å². The van der Waals surface area contributed by atoms with E-state index in [9.17, 15) is 14.9 Å². The molecule has 2 heterocycles. The van der Waals surface area contributed by atoms with Crippen molar-refractivity contribution in [2.75, 3.05) is 36.0 Å². The summed E-state index contributed by atoms with van der Waals surface area (Å²) >= 11 is 0. The maximum absolute atomic E-state index is 12.2. The van der Waals surface area contributed by atoms with Gasteiger partial charge in [0, 0.05) is 50.0 Å². The summed E-state index contributed by atoms with van der Waals surface area (Å²) in [6.45, 7) is 4.54. The number of carbonyl (C=O) groups excluding carboxylic acids is 1. The second-order valence-corrected chi connectivity index (χ2v) is 7.14. The van der Waals surface area contributed by atoms with Crippen LogP contribution in [0, 0.1) is 17.0 Å². The van der Waals surface area contributed by atoms with E-state index < -0.39 is 4.92 Å². The number of anilines is 2. The second-order valence-electron chi connectivity index (χ2n) is 7.14. The molecule has 9 nitrogen and oxygen atoms in total. The van der Waals surface area contributed by atoms with E-state index in [1.54, 1.807) is 18.3 Å². The van der Waals surface area contributed by atoms with Crippen molar-refractivity contribution in [3.8, 4) is 0 Å². The Hall–Kier alpha value is -3.23. The zero-order chi connectivity index (χ0) is 19.7. The van der Waals surface area contributed by atoms with Crippen molar-refractivity contribution in [3.05, 3.63) is 52.0 Å². The molecule has 9 heteroatoms. The van der Waals surface area contributed by atoms with Gasteiger partial charge in [0.15, 0.2) is 0 Å². The summed E-state index contributed by atoms with van der Waals surface area (Å²) in [5.41, 5.74) is 0.846. The zero-order valence-corrected chi connectivity index (χ0v) is 15.7. The maximum Gasteiger partial charge on any atom is 0.293 e. The Morgan fingerprint density at radius 3 is 2.54 bits per heavy atom. The molecule has 1 aromatic heterocycles. The van der Waals surface area contributed by atoms with Crippen LogP contribution in [0.3, 0.4) is 0 Å². The first-order valence-corrected chi connectivity index (χ1v) is 9.40. The van der Waals surface area contributed by atoms with Crippen molar-refractivity contribution in [1.82, 2.24) is 15.3 Å². The van der Waals surface area contributed by atoms with Crippen molar-refractivity contribution >= 4 is 23.1 Å². The van der Waals surface area contributed by atoms with Crippen LogP contribution in [0.5, 0.6) is 0 Å². The number of nitrogens with zero attached hydrogens (tertiary/aromatic N) is 5. The van der Waals surface area contributed by atoms with Crippen molar-refractivity contribution in [1.29, 1.82) is 0 Å². The molecule has 1 N–H and O–H groups in total. The van der Waals surface area contributed by atoms with E-state index in [0.29, 0.717) is 37.4 Å². The van der Waals surface area contributed by atoms with Crippen LogP contribution in [0.1, 0.15) is 29.0 Å². The molecule has 2 fully saturated rings. The Kier molecular flexibility index (Phi) is 4.81. The monoisotopic (exact) mass is 382 g/mol. The second kappa shape index (κ2) is 7.41. The number of piperazine rings is 1. The number of aromatic nitrogens is 2. The van der Waals surface area contributed by atoms with E-state index in [2.05, 4.69) is 20.2 Å².